The van der Waals surface area contributed by atoms with E-state index in [1.807, 2.05) is 0 Å². The van der Waals surface area contributed by atoms with E-state index < -0.39 is 0 Å². The summed E-state index contributed by atoms with van der Waals surface area (Å²) in [7, 11) is 1.60. The molecule has 0 aliphatic carbocycles. The largest absolute Gasteiger partial charge is 0.395 e. The third-order valence-electron chi connectivity index (χ3n) is 1.17. The number of hydrogen-bond acceptors (Lipinski definition) is 3. The Morgan fingerprint density at radius 3 is 2.82 bits per heavy atom. The molecule has 66 valence electrons. The van der Waals surface area contributed by atoms with E-state index in [-0.39, 0.29) is 12.6 Å². The standard InChI is InChI=1S/C7H14BrNO2/c1-6(8)3-9-7(4-10)5-11-2/h7,9-10H,1,3-5H2,2H3. The maximum Gasteiger partial charge on any atom is 0.0638 e. The van der Waals surface area contributed by atoms with E-state index in [1.165, 1.54) is 0 Å². The van der Waals surface area contributed by atoms with E-state index in [0.29, 0.717) is 13.2 Å². The average Bonchev–Trinajstić information content (AvgIpc) is 1.97. The Hall–Kier alpha value is 0.1000. The monoisotopic (exact) mass is 223 g/mol. The van der Waals surface area contributed by atoms with E-state index in [4.69, 9.17) is 9.84 Å². The lowest BCUT2D eigenvalue weighted by Crippen LogP contribution is -2.36. The lowest BCUT2D eigenvalue weighted by atomic mass is 10.3. The number of hydrogen-bond donors (Lipinski definition) is 2. The molecule has 4 heteroatoms. The van der Waals surface area contributed by atoms with Crippen molar-refractivity contribution in [3.63, 3.8) is 0 Å². The minimum absolute atomic E-state index is 0.00528. The predicted molar refractivity (Wildman–Crippen MR) is 48.8 cm³/mol. The molecule has 1 unspecified atom stereocenters. The van der Waals surface area contributed by atoms with Gasteiger partial charge in [0, 0.05) is 18.1 Å². The molecule has 1 atom stereocenters. The van der Waals surface area contributed by atoms with Crippen LogP contribution in [0, 0.1) is 0 Å². The molecule has 0 heterocycles. The minimum Gasteiger partial charge on any atom is -0.395 e. The molecule has 0 fully saturated rings. The molecule has 0 rings (SSSR count). The summed E-state index contributed by atoms with van der Waals surface area (Å²) in [4.78, 5) is 0. The van der Waals surface area contributed by atoms with Gasteiger partial charge in [0.1, 0.15) is 0 Å². The van der Waals surface area contributed by atoms with Crippen molar-refractivity contribution in [1.29, 1.82) is 0 Å². The Labute approximate surface area is 75.6 Å². The van der Waals surface area contributed by atoms with Crippen LogP contribution in [0.5, 0.6) is 0 Å². The van der Waals surface area contributed by atoms with Crippen molar-refractivity contribution in [2.24, 2.45) is 0 Å². The third kappa shape index (κ3) is 6.50. The first-order chi connectivity index (χ1) is 5.20. The van der Waals surface area contributed by atoms with Crippen molar-refractivity contribution >= 4 is 15.9 Å². The SMILES string of the molecule is C=C(Br)CNC(CO)COC. The zero-order chi connectivity index (χ0) is 8.69. The van der Waals surface area contributed by atoms with E-state index >= 15 is 0 Å². The smallest absolute Gasteiger partial charge is 0.0638 e. The Morgan fingerprint density at radius 1 is 1.82 bits per heavy atom. The number of aliphatic hydroxyl groups excluding tert-OH is 1. The van der Waals surface area contributed by atoms with E-state index in [1.54, 1.807) is 7.11 Å². The van der Waals surface area contributed by atoms with Crippen LogP contribution in [0.25, 0.3) is 0 Å². The van der Waals surface area contributed by atoms with Gasteiger partial charge in [-0.25, -0.2) is 0 Å². The van der Waals surface area contributed by atoms with Crippen molar-refractivity contribution in [2.75, 3.05) is 26.9 Å². The highest BCUT2D eigenvalue weighted by Gasteiger charge is 2.04. The zero-order valence-corrected chi connectivity index (χ0v) is 8.23. The van der Waals surface area contributed by atoms with E-state index in [2.05, 4.69) is 27.8 Å². The van der Waals surface area contributed by atoms with Crippen LogP contribution in [0.3, 0.4) is 0 Å². The lowest BCUT2D eigenvalue weighted by molar-refractivity contribution is 0.130. The summed E-state index contributed by atoms with van der Waals surface area (Å²) < 4.78 is 5.73. The molecule has 0 bridgehead atoms. The molecule has 0 aliphatic rings. The highest BCUT2D eigenvalue weighted by atomic mass is 79.9. The van der Waals surface area contributed by atoms with Crippen LogP contribution in [-0.4, -0.2) is 38.0 Å². The fraction of sp³-hybridized carbons (Fsp3) is 0.714. The van der Waals surface area contributed by atoms with Gasteiger partial charge in [-0.3, -0.25) is 0 Å². The van der Waals surface area contributed by atoms with Crippen LogP contribution in [0.1, 0.15) is 0 Å². The van der Waals surface area contributed by atoms with Crippen molar-refractivity contribution < 1.29 is 9.84 Å². The Morgan fingerprint density at radius 2 is 2.45 bits per heavy atom. The Balaban J connectivity index is 3.43. The number of nitrogens with one attached hydrogen (secondary N) is 1. The van der Waals surface area contributed by atoms with Gasteiger partial charge in [0.25, 0.3) is 0 Å². The summed E-state index contributed by atoms with van der Waals surface area (Å²) in [6.07, 6.45) is 0. The van der Waals surface area contributed by atoms with Gasteiger partial charge in [0.05, 0.1) is 19.3 Å². The van der Waals surface area contributed by atoms with Gasteiger partial charge in [0.2, 0.25) is 0 Å². The maximum atomic E-state index is 8.78. The third-order valence-corrected chi connectivity index (χ3v) is 1.45. The van der Waals surface area contributed by atoms with Crippen LogP contribution in [-0.2, 0) is 4.74 Å². The van der Waals surface area contributed by atoms with E-state index in [0.717, 1.165) is 4.48 Å². The van der Waals surface area contributed by atoms with Crippen LogP contribution >= 0.6 is 15.9 Å². The van der Waals surface area contributed by atoms with Gasteiger partial charge in [0.15, 0.2) is 0 Å². The van der Waals surface area contributed by atoms with Crippen molar-refractivity contribution in [2.45, 2.75) is 6.04 Å². The predicted octanol–water partition coefficient (Wildman–Crippen LogP) is 0.492. The molecule has 3 nitrogen and oxygen atoms in total. The average molecular weight is 224 g/mol. The second-order valence-corrected chi connectivity index (χ2v) is 3.35. The maximum absolute atomic E-state index is 8.78. The second-order valence-electron chi connectivity index (χ2n) is 2.23. The Bertz CT molecular complexity index is 119. The first kappa shape index (κ1) is 11.1. The number of rotatable bonds is 6. The number of methoxy groups -OCH3 is 1. The van der Waals surface area contributed by atoms with Gasteiger partial charge in [-0.05, 0) is 0 Å². The quantitative estimate of drug-likeness (QED) is 0.690. The highest BCUT2D eigenvalue weighted by molar-refractivity contribution is 9.11. The molecule has 0 aromatic heterocycles. The van der Waals surface area contributed by atoms with Crippen molar-refractivity contribution in [3.05, 3.63) is 11.1 Å². The molecule has 0 saturated heterocycles. The summed E-state index contributed by atoms with van der Waals surface area (Å²) in [5.41, 5.74) is 0. The molecule has 2 N–H and O–H groups in total. The molecule has 0 aromatic rings. The molecular weight excluding hydrogens is 210 g/mol. The molecule has 0 saturated carbocycles. The molecule has 11 heavy (non-hydrogen) atoms. The fourth-order valence-corrected chi connectivity index (χ4v) is 0.794. The lowest BCUT2D eigenvalue weighted by Gasteiger charge is -2.14. The van der Waals surface area contributed by atoms with Gasteiger partial charge in [-0.2, -0.15) is 0 Å². The molecule has 0 amide bonds. The molecular formula is C7H14BrNO2. The highest BCUT2D eigenvalue weighted by Crippen LogP contribution is 1.97. The van der Waals surface area contributed by atoms with Gasteiger partial charge < -0.3 is 15.2 Å². The van der Waals surface area contributed by atoms with Gasteiger partial charge in [-0.1, -0.05) is 22.5 Å². The van der Waals surface area contributed by atoms with Gasteiger partial charge >= 0.3 is 0 Å². The zero-order valence-electron chi connectivity index (χ0n) is 6.64. The summed E-state index contributed by atoms with van der Waals surface area (Å²) in [6, 6.07) is -0.00528. The van der Waals surface area contributed by atoms with Crippen molar-refractivity contribution in [3.8, 4) is 0 Å². The first-order valence-corrected chi connectivity index (χ1v) is 4.16. The number of ether oxygens (including phenoxy) is 1. The molecule has 0 aliphatic heterocycles. The topological polar surface area (TPSA) is 41.5 Å². The number of aliphatic hydroxyl groups is 1. The fourth-order valence-electron chi connectivity index (χ4n) is 0.632. The molecule has 0 spiro atoms. The summed E-state index contributed by atoms with van der Waals surface area (Å²) in [5, 5.41) is 11.8. The number of halogens is 1. The molecule has 0 aromatic carbocycles. The van der Waals surface area contributed by atoms with Crippen LogP contribution < -0.4 is 5.32 Å². The van der Waals surface area contributed by atoms with Crippen LogP contribution in [0.2, 0.25) is 0 Å². The summed E-state index contributed by atoms with van der Waals surface area (Å²) >= 11 is 3.20. The minimum atomic E-state index is -0.00528. The summed E-state index contributed by atoms with van der Waals surface area (Å²) in [6.45, 7) is 4.89. The Kier molecular flexibility index (Phi) is 6.85. The second kappa shape index (κ2) is 6.79. The van der Waals surface area contributed by atoms with Crippen LogP contribution in [0.4, 0.5) is 0 Å². The first-order valence-electron chi connectivity index (χ1n) is 3.37. The van der Waals surface area contributed by atoms with Gasteiger partial charge in [-0.15, -0.1) is 0 Å². The van der Waals surface area contributed by atoms with Crippen molar-refractivity contribution in [1.82, 2.24) is 5.32 Å². The van der Waals surface area contributed by atoms with Crippen LogP contribution in [0.15, 0.2) is 11.1 Å². The normalized spacial score (nSPS) is 13.0. The summed E-state index contributed by atoms with van der Waals surface area (Å²) in [5.74, 6) is 0. The van der Waals surface area contributed by atoms with E-state index in [9.17, 15) is 0 Å². The molecule has 0 radical (unpaired) electrons.